The summed E-state index contributed by atoms with van der Waals surface area (Å²) in [5, 5.41) is 0. The van der Waals surface area contributed by atoms with Crippen molar-refractivity contribution in [3.63, 3.8) is 0 Å². The van der Waals surface area contributed by atoms with Crippen molar-refractivity contribution < 1.29 is 14.3 Å². The van der Waals surface area contributed by atoms with Gasteiger partial charge in [-0.3, -0.25) is 9.59 Å². The van der Waals surface area contributed by atoms with Crippen LogP contribution in [-0.2, 0) is 9.53 Å². The van der Waals surface area contributed by atoms with Gasteiger partial charge in [-0.25, -0.2) is 0 Å². The van der Waals surface area contributed by atoms with Crippen molar-refractivity contribution in [3.05, 3.63) is 35.9 Å². The van der Waals surface area contributed by atoms with Gasteiger partial charge in [0.15, 0.2) is 5.78 Å². The first kappa shape index (κ1) is 11.0. The van der Waals surface area contributed by atoms with E-state index in [4.69, 9.17) is 4.74 Å². The summed E-state index contributed by atoms with van der Waals surface area (Å²) >= 11 is 0. The van der Waals surface area contributed by atoms with Gasteiger partial charge < -0.3 is 4.74 Å². The molecule has 16 heavy (non-hydrogen) atoms. The molecule has 84 valence electrons. The number of hydrogen-bond donors (Lipinski definition) is 0. The number of rotatable bonds is 3. The van der Waals surface area contributed by atoms with Gasteiger partial charge in [0.25, 0.3) is 0 Å². The Morgan fingerprint density at radius 3 is 2.75 bits per heavy atom. The number of carbonyl (C=O) groups is 2. The van der Waals surface area contributed by atoms with E-state index >= 15 is 0 Å². The maximum atomic E-state index is 11.9. The van der Waals surface area contributed by atoms with Crippen molar-refractivity contribution >= 4 is 11.6 Å². The summed E-state index contributed by atoms with van der Waals surface area (Å²) in [6.45, 7) is 0.881. The Balaban J connectivity index is 1.99. The molecule has 3 nitrogen and oxygen atoms in total. The van der Waals surface area contributed by atoms with Gasteiger partial charge in [0.1, 0.15) is 5.78 Å². The fourth-order valence-electron chi connectivity index (χ4n) is 1.83. The van der Waals surface area contributed by atoms with E-state index < -0.39 is 0 Å². The molecule has 0 saturated carbocycles. The van der Waals surface area contributed by atoms with Crippen molar-refractivity contribution in [2.24, 2.45) is 5.92 Å². The van der Waals surface area contributed by atoms with Gasteiger partial charge in [-0.05, 0) is 0 Å². The Labute approximate surface area is 94.4 Å². The second-order valence-corrected chi connectivity index (χ2v) is 3.98. The van der Waals surface area contributed by atoms with Crippen LogP contribution in [0.4, 0.5) is 0 Å². The van der Waals surface area contributed by atoms with E-state index in [0.717, 1.165) is 0 Å². The number of carbonyl (C=O) groups excluding carboxylic acids is 2. The van der Waals surface area contributed by atoms with Crippen LogP contribution in [0.3, 0.4) is 0 Å². The highest BCUT2D eigenvalue weighted by Gasteiger charge is 2.25. The minimum atomic E-state index is -0.249. The minimum Gasteiger partial charge on any atom is -0.380 e. The third-order valence-corrected chi connectivity index (χ3v) is 2.79. The molecule has 1 fully saturated rings. The van der Waals surface area contributed by atoms with Crippen molar-refractivity contribution in [1.82, 2.24) is 0 Å². The van der Waals surface area contributed by atoms with E-state index in [1.165, 1.54) is 0 Å². The van der Waals surface area contributed by atoms with Gasteiger partial charge in [0, 0.05) is 24.3 Å². The summed E-state index contributed by atoms with van der Waals surface area (Å²) in [7, 11) is 0. The Hall–Kier alpha value is -1.48. The lowest BCUT2D eigenvalue weighted by Gasteiger charge is -2.20. The summed E-state index contributed by atoms with van der Waals surface area (Å²) < 4.78 is 5.22. The normalized spacial score (nSPS) is 20.8. The van der Waals surface area contributed by atoms with E-state index in [-0.39, 0.29) is 23.9 Å². The van der Waals surface area contributed by atoms with Gasteiger partial charge >= 0.3 is 0 Å². The first-order valence-corrected chi connectivity index (χ1v) is 5.46. The van der Waals surface area contributed by atoms with E-state index in [9.17, 15) is 9.59 Å². The number of Topliss-reactive ketones (excluding diaryl/α,β-unsaturated/α-hetero) is 2. The summed E-state index contributed by atoms with van der Waals surface area (Å²) in [4.78, 5) is 23.4. The summed E-state index contributed by atoms with van der Waals surface area (Å²) in [5.74, 6) is -0.0820. The van der Waals surface area contributed by atoms with Crippen molar-refractivity contribution in [1.29, 1.82) is 0 Å². The summed E-state index contributed by atoms with van der Waals surface area (Å²) in [6.07, 6.45) is 0.704. The molecule has 0 radical (unpaired) electrons. The SMILES string of the molecule is O=C(C[C@@H]1COCCC1=O)c1ccccc1. The third kappa shape index (κ3) is 2.55. The topological polar surface area (TPSA) is 43.4 Å². The molecule has 3 heteroatoms. The Morgan fingerprint density at radius 1 is 1.31 bits per heavy atom. The van der Waals surface area contributed by atoms with Gasteiger partial charge in [0.05, 0.1) is 13.2 Å². The second-order valence-electron chi connectivity index (χ2n) is 3.98. The lowest BCUT2D eigenvalue weighted by atomic mass is 9.92. The lowest BCUT2D eigenvalue weighted by molar-refractivity contribution is -0.130. The number of ether oxygens (including phenoxy) is 1. The first-order chi connectivity index (χ1) is 7.77. The molecule has 1 atom stereocenters. The number of hydrogen-bond acceptors (Lipinski definition) is 3. The van der Waals surface area contributed by atoms with Crippen LogP contribution >= 0.6 is 0 Å². The molecule has 1 aliphatic rings. The Bertz CT molecular complexity index is 383. The Kier molecular flexibility index (Phi) is 3.47. The quantitative estimate of drug-likeness (QED) is 0.727. The first-order valence-electron chi connectivity index (χ1n) is 5.46. The molecular weight excluding hydrogens is 204 g/mol. The van der Waals surface area contributed by atoms with Gasteiger partial charge in [-0.2, -0.15) is 0 Å². The third-order valence-electron chi connectivity index (χ3n) is 2.79. The van der Waals surface area contributed by atoms with Gasteiger partial charge in [0.2, 0.25) is 0 Å². The molecule has 2 rings (SSSR count). The molecule has 1 saturated heterocycles. The maximum absolute atomic E-state index is 11.9. The van der Waals surface area contributed by atoms with Gasteiger partial charge in [-0.15, -0.1) is 0 Å². The van der Waals surface area contributed by atoms with Crippen LogP contribution in [0, 0.1) is 5.92 Å². The molecule has 0 aliphatic carbocycles. The molecule has 0 aromatic heterocycles. The molecule has 1 aromatic carbocycles. The van der Waals surface area contributed by atoms with Crippen LogP contribution < -0.4 is 0 Å². The smallest absolute Gasteiger partial charge is 0.163 e. The molecular formula is C13H14O3. The second kappa shape index (κ2) is 5.03. The maximum Gasteiger partial charge on any atom is 0.163 e. The van der Waals surface area contributed by atoms with Crippen LogP contribution in [0.2, 0.25) is 0 Å². The van der Waals surface area contributed by atoms with Crippen LogP contribution in [0.25, 0.3) is 0 Å². The standard InChI is InChI=1S/C13H14O3/c14-12-6-7-16-9-11(12)8-13(15)10-4-2-1-3-5-10/h1-5,11H,6-9H2/t11-/m1/s1. The van der Waals surface area contributed by atoms with E-state index in [0.29, 0.717) is 25.2 Å². The van der Waals surface area contributed by atoms with E-state index in [1.807, 2.05) is 18.2 Å². The predicted octanol–water partition coefficient (Wildman–Crippen LogP) is 1.86. The van der Waals surface area contributed by atoms with Crippen LogP contribution in [0.15, 0.2) is 30.3 Å². The predicted molar refractivity (Wildman–Crippen MR) is 59.3 cm³/mol. The average molecular weight is 218 g/mol. The van der Waals surface area contributed by atoms with E-state index in [2.05, 4.69) is 0 Å². The number of benzene rings is 1. The number of ketones is 2. The Morgan fingerprint density at radius 2 is 2.06 bits per heavy atom. The van der Waals surface area contributed by atoms with Crippen LogP contribution in [-0.4, -0.2) is 24.8 Å². The fourth-order valence-corrected chi connectivity index (χ4v) is 1.83. The zero-order valence-corrected chi connectivity index (χ0v) is 9.02. The minimum absolute atomic E-state index is 0.0180. The fraction of sp³-hybridized carbons (Fsp3) is 0.385. The molecule has 0 unspecified atom stereocenters. The molecule has 1 aliphatic heterocycles. The van der Waals surface area contributed by atoms with Crippen molar-refractivity contribution in [3.8, 4) is 0 Å². The molecule has 0 bridgehead atoms. The van der Waals surface area contributed by atoms with Crippen LogP contribution in [0.5, 0.6) is 0 Å². The lowest BCUT2D eigenvalue weighted by Crippen LogP contribution is -2.29. The molecule has 1 heterocycles. The monoisotopic (exact) mass is 218 g/mol. The van der Waals surface area contributed by atoms with Crippen molar-refractivity contribution in [2.75, 3.05) is 13.2 Å². The highest BCUT2D eigenvalue weighted by atomic mass is 16.5. The van der Waals surface area contributed by atoms with Crippen molar-refractivity contribution in [2.45, 2.75) is 12.8 Å². The molecule has 0 N–H and O–H groups in total. The van der Waals surface area contributed by atoms with Crippen LogP contribution in [0.1, 0.15) is 23.2 Å². The zero-order valence-electron chi connectivity index (χ0n) is 9.02. The highest BCUT2D eigenvalue weighted by Crippen LogP contribution is 2.16. The molecule has 0 amide bonds. The molecule has 1 aromatic rings. The van der Waals surface area contributed by atoms with E-state index in [1.54, 1.807) is 12.1 Å². The largest absolute Gasteiger partial charge is 0.380 e. The van der Waals surface area contributed by atoms with Gasteiger partial charge in [-0.1, -0.05) is 30.3 Å². The summed E-state index contributed by atoms with van der Waals surface area (Å²) in [5.41, 5.74) is 0.667. The highest BCUT2D eigenvalue weighted by molar-refractivity contribution is 5.99. The average Bonchev–Trinajstić information content (AvgIpc) is 2.33. The molecule has 0 spiro atoms. The zero-order chi connectivity index (χ0) is 11.4. The summed E-state index contributed by atoms with van der Waals surface area (Å²) in [6, 6.07) is 9.07.